The summed E-state index contributed by atoms with van der Waals surface area (Å²) in [6.45, 7) is 2.05. The van der Waals surface area contributed by atoms with Crippen LogP contribution in [0.15, 0.2) is 47.7 Å². The molecule has 0 N–H and O–H groups in total. The minimum atomic E-state index is -0.186. The van der Waals surface area contributed by atoms with Crippen LogP contribution >= 0.6 is 0 Å². The van der Waals surface area contributed by atoms with Crippen molar-refractivity contribution in [3.8, 4) is 0 Å². The molecule has 1 saturated heterocycles. The SMILES string of the molecule is COCCn1c(C(=O)N2CCC(n3nccn3)CC2)cc2c(=O)n3ccccc3nc21. The molecular weight excluding hydrogens is 398 g/mol. The highest BCUT2D eigenvalue weighted by Crippen LogP contribution is 2.24. The smallest absolute Gasteiger partial charge is 0.270 e. The number of nitrogens with zero attached hydrogens (tertiary/aromatic N) is 7. The minimum Gasteiger partial charge on any atom is -0.383 e. The highest BCUT2D eigenvalue weighted by molar-refractivity contribution is 5.98. The van der Waals surface area contributed by atoms with Gasteiger partial charge >= 0.3 is 0 Å². The molecule has 4 aromatic rings. The second-order valence-corrected chi connectivity index (χ2v) is 7.63. The molecule has 5 heterocycles. The van der Waals surface area contributed by atoms with Gasteiger partial charge in [-0.05, 0) is 31.0 Å². The second kappa shape index (κ2) is 7.95. The first-order valence-electron chi connectivity index (χ1n) is 10.3. The zero-order valence-corrected chi connectivity index (χ0v) is 17.2. The number of rotatable bonds is 5. The van der Waals surface area contributed by atoms with Crippen LogP contribution in [-0.4, -0.2) is 66.6 Å². The number of hydrogen-bond donors (Lipinski definition) is 0. The van der Waals surface area contributed by atoms with E-state index in [1.54, 1.807) is 53.3 Å². The van der Waals surface area contributed by atoms with E-state index in [0.29, 0.717) is 48.6 Å². The highest BCUT2D eigenvalue weighted by Gasteiger charge is 2.28. The fourth-order valence-corrected chi connectivity index (χ4v) is 4.21. The fraction of sp³-hybridized carbons (Fsp3) is 0.381. The van der Waals surface area contributed by atoms with Gasteiger partial charge in [-0.2, -0.15) is 15.0 Å². The Morgan fingerprint density at radius 3 is 2.71 bits per heavy atom. The van der Waals surface area contributed by atoms with Crippen molar-refractivity contribution in [1.82, 2.24) is 33.8 Å². The van der Waals surface area contributed by atoms with Gasteiger partial charge in [-0.3, -0.25) is 14.0 Å². The van der Waals surface area contributed by atoms with Crippen LogP contribution in [0.25, 0.3) is 16.7 Å². The molecule has 0 radical (unpaired) electrons. The van der Waals surface area contributed by atoms with E-state index < -0.39 is 0 Å². The van der Waals surface area contributed by atoms with E-state index >= 15 is 0 Å². The Balaban J connectivity index is 1.51. The first-order valence-corrected chi connectivity index (χ1v) is 10.3. The molecule has 10 heteroatoms. The second-order valence-electron chi connectivity index (χ2n) is 7.63. The molecule has 10 nitrogen and oxygen atoms in total. The van der Waals surface area contributed by atoms with Gasteiger partial charge in [-0.15, -0.1) is 0 Å². The summed E-state index contributed by atoms with van der Waals surface area (Å²) >= 11 is 0. The topological polar surface area (TPSA) is 99.5 Å². The van der Waals surface area contributed by atoms with Crippen molar-refractivity contribution in [1.29, 1.82) is 0 Å². The molecule has 0 bridgehead atoms. The predicted octanol–water partition coefficient (Wildman–Crippen LogP) is 1.36. The summed E-state index contributed by atoms with van der Waals surface area (Å²) in [4.78, 5) is 34.7. The monoisotopic (exact) mass is 421 g/mol. The molecule has 1 aliphatic heterocycles. The van der Waals surface area contributed by atoms with Crippen LogP contribution in [0.2, 0.25) is 0 Å². The average molecular weight is 421 g/mol. The standard InChI is InChI=1S/C21H23N7O3/c1-31-13-12-26-17(14-16-19(26)24-18-4-2-3-9-27(18)20(16)29)21(30)25-10-5-15(6-11-25)28-22-7-8-23-28/h2-4,7-9,14-15H,5-6,10-13H2,1H3. The maximum atomic E-state index is 13.4. The zero-order chi connectivity index (χ0) is 21.4. The number of methoxy groups -OCH3 is 1. The molecule has 1 amide bonds. The normalized spacial score (nSPS) is 15.2. The van der Waals surface area contributed by atoms with E-state index in [0.717, 1.165) is 12.8 Å². The lowest BCUT2D eigenvalue weighted by molar-refractivity contribution is 0.0671. The van der Waals surface area contributed by atoms with Crippen LogP contribution < -0.4 is 5.56 Å². The summed E-state index contributed by atoms with van der Waals surface area (Å²) in [7, 11) is 1.61. The number of amides is 1. The number of fused-ring (bicyclic) bond motifs is 2. The van der Waals surface area contributed by atoms with Crippen LogP contribution in [0.3, 0.4) is 0 Å². The number of piperidine rings is 1. The Bertz CT molecular complexity index is 1280. The van der Waals surface area contributed by atoms with Crippen LogP contribution in [0.5, 0.6) is 0 Å². The Hall–Kier alpha value is -3.53. The van der Waals surface area contributed by atoms with Gasteiger partial charge < -0.3 is 14.2 Å². The quantitative estimate of drug-likeness (QED) is 0.483. The van der Waals surface area contributed by atoms with E-state index in [-0.39, 0.29) is 17.5 Å². The molecule has 1 fully saturated rings. The zero-order valence-electron chi connectivity index (χ0n) is 17.2. The van der Waals surface area contributed by atoms with Gasteiger partial charge in [0, 0.05) is 32.9 Å². The van der Waals surface area contributed by atoms with E-state index in [2.05, 4.69) is 15.2 Å². The first kappa shape index (κ1) is 19.4. The van der Waals surface area contributed by atoms with Crippen LogP contribution in [-0.2, 0) is 11.3 Å². The number of likely N-dealkylation sites (tertiary alicyclic amines) is 1. The van der Waals surface area contributed by atoms with Crippen molar-refractivity contribution >= 4 is 22.6 Å². The van der Waals surface area contributed by atoms with E-state index in [1.807, 2.05) is 11.0 Å². The van der Waals surface area contributed by atoms with E-state index in [9.17, 15) is 9.59 Å². The van der Waals surface area contributed by atoms with Gasteiger partial charge in [-0.25, -0.2) is 4.98 Å². The lowest BCUT2D eigenvalue weighted by Crippen LogP contribution is -2.40. The van der Waals surface area contributed by atoms with Gasteiger partial charge in [0.05, 0.1) is 30.4 Å². The van der Waals surface area contributed by atoms with Gasteiger partial charge in [-0.1, -0.05) is 6.07 Å². The average Bonchev–Trinajstić information content (AvgIpc) is 3.46. The molecule has 1 aliphatic rings. The first-order chi connectivity index (χ1) is 15.2. The maximum Gasteiger partial charge on any atom is 0.270 e. The Morgan fingerprint density at radius 1 is 1.19 bits per heavy atom. The molecular formula is C21H23N7O3. The van der Waals surface area contributed by atoms with Gasteiger partial charge in [0.1, 0.15) is 17.0 Å². The van der Waals surface area contributed by atoms with Crippen molar-refractivity contribution in [2.75, 3.05) is 26.8 Å². The minimum absolute atomic E-state index is 0.102. The van der Waals surface area contributed by atoms with Crippen LogP contribution in [0.4, 0.5) is 0 Å². The van der Waals surface area contributed by atoms with Crippen molar-refractivity contribution in [2.45, 2.75) is 25.4 Å². The third-order valence-corrected chi connectivity index (χ3v) is 5.83. The summed E-state index contributed by atoms with van der Waals surface area (Å²) < 4.78 is 8.55. The Morgan fingerprint density at radius 2 is 1.97 bits per heavy atom. The van der Waals surface area contributed by atoms with Crippen LogP contribution in [0.1, 0.15) is 29.4 Å². The molecule has 0 aromatic carbocycles. The molecule has 0 aliphatic carbocycles. The lowest BCUT2D eigenvalue weighted by atomic mass is 10.1. The van der Waals surface area contributed by atoms with Gasteiger partial charge in [0.2, 0.25) is 0 Å². The summed E-state index contributed by atoms with van der Waals surface area (Å²) in [5.41, 5.74) is 1.33. The fourth-order valence-electron chi connectivity index (χ4n) is 4.21. The third-order valence-electron chi connectivity index (χ3n) is 5.83. The van der Waals surface area contributed by atoms with Crippen molar-refractivity contribution in [2.24, 2.45) is 0 Å². The molecule has 5 rings (SSSR count). The molecule has 0 saturated carbocycles. The van der Waals surface area contributed by atoms with Crippen molar-refractivity contribution in [3.05, 3.63) is 58.9 Å². The van der Waals surface area contributed by atoms with Crippen molar-refractivity contribution < 1.29 is 9.53 Å². The number of carbonyl (C=O) groups excluding carboxylic acids is 1. The summed E-state index contributed by atoms with van der Waals surface area (Å²) in [6, 6.07) is 7.26. The molecule has 160 valence electrons. The summed E-state index contributed by atoms with van der Waals surface area (Å²) in [5, 5.41) is 8.87. The number of pyridine rings is 1. The maximum absolute atomic E-state index is 13.4. The number of hydrogen-bond acceptors (Lipinski definition) is 6. The molecule has 31 heavy (non-hydrogen) atoms. The van der Waals surface area contributed by atoms with E-state index in [1.165, 1.54) is 4.40 Å². The Labute approximate surface area is 177 Å². The lowest BCUT2D eigenvalue weighted by Gasteiger charge is -2.31. The highest BCUT2D eigenvalue weighted by atomic mass is 16.5. The largest absolute Gasteiger partial charge is 0.383 e. The molecule has 0 atom stereocenters. The number of carbonyl (C=O) groups is 1. The molecule has 0 unspecified atom stereocenters. The van der Waals surface area contributed by atoms with Gasteiger partial charge in [0.15, 0.2) is 0 Å². The Kier molecular flexibility index (Phi) is 4.99. The van der Waals surface area contributed by atoms with E-state index in [4.69, 9.17) is 4.74 Å². The summed E-state index contributed by atoms with van der Waals surface area (Å²) in [5.74, 6) is -0.102. The molecule has 4 aromatic heterocycles. The number of aromatic nitrogens is 6. The predicted molar refractivity (Wildman–Crippen MR) is 113 cm³/mol. The van der Waals surface area contributed by atoms with Crippen LogP contribution in [0, 0.1) is 0 Å². The van der Waals surface area contributed by atoms with Gasteiger partial charge in [0.25, 0.3) is 11.5 Å². The molecule has 0 spiro atoms. The third kappa shape index (κ3) is 3.38. The number of ether oxygens (including phenoxy) is 1. The van der Waals surface area contributed by atoms with Crippen molar-refractivity contribution in [3.63, 3.8) is 0 Å². The summed E-state index contributed by atoms with van der Waals surface area (Å²) in [6.07, 6.45) is 6.59.